The third-order valence-electron chi connectivity index (χ3n) is 4.05. The summed E-state index contributed by atoms with van der Waals surface area (Å²) in [7, 11) is 0. The number of aromatic carboxylic acids is 1. The van der Waals surface area contributed by atoms with Crippen molar-refractivity contribution in [3.63, 3.8) is 0 Å². The first-order chi connectivity index (χ1) is 13.8. The molecule has 3 rings (SSSR count). The number of nitrogens with one attached hydrogen (secondary N) is 1. The Balaban J connectivity index is 1.62. The molecule has 2 aromatic carbocycles. The molecular formula is C20H16N2O7. The molecule has 2 aromatic rings. The fraction of sp³-hybridized carbons (Fsp3) is 0.100. The van der Waals surface area contributed by atoms with Crippen LogP contribution in [0, 0.1) is 0 Å². The summed E-state index contributed by atoms with van der Waals surface area (Å²) in [6.07, 6.45) is 1.44. The molecule has 1 aliphatic heterocycles. The second kappa shape index (κ2) is 8.26. The quantitative estimate of drug-likeness (QED) is 0.481. The lowest BCUT2D eigenvalue weighted by Gasteiger charge is -2.07. The Morgan fingerprint density at radius 3 is 2.24 bits per heavy atom. The van der Waals surface area contributed by atoms with Crippen LogP contribution in [-0.2, 0) is 16.2 Å². The minimum absolute atomic E-state index is 0.0107. The minimum Gasteiger partial charge on any atom is -0.489 e. The van der Waals surface area contributed by atoms with Crippen molar-refractivity contribution in [1.82, 2.24) is 10.2 Å². The SMILES string of the molecule is O=C(O)CN1C(=O)N/C(=C/c2ccc(OCc3ccc(C(=O)O)cc3)cc2)C1=O. The minimum atomic E-state index is -1.28. The molecule has 1 aliphatic rings. The number of benzene rings is 2. The van der Waals surface area contributed by atoms with Gasteiger partial charge in [0.25, 0.3) is 5.91 Å². The largest absolute Gasteiger partial charge is 0.489 e. The maximum absolute atomic E-state index is 12.1. The lowest BCUT2D eigenvalue weighted by Crippen LogP contribution is -2.35. The van der Waals surface area contributed by atoms with Crippen LogP contribution in [0.1, 0.15) is 21.5 Å². The molecule has 0 bridgehead atoms. The van der Waals surface area contributed by atoms with E-state index in [-0.39, 0.29) is 17.9 Å². The number of hydrogen-bond acceptors (Lipinski definition) is 5. The summed E-state index contributed by atoms with van der Waals surface area (Å²) in [5.74, 6) is -2.43. The summed E-state index contributed by atoms with van der Waals surface area (Å²) in [5, 5.41) is 20.0. The number of carbonyl (C=O) groups excluding carboxylic acids is 2. The van der Waals surface area contributed by atoms with Crippen molar-refractivity contribution < 1.29 is 34.1 Å². The molecule has 0 radical (unpaired) electrons. The van der Waals surface area contributed by atoms with Gasteiger partial charge in [-0.25, -0.2) is 14.5 Å². The van der Waals surface area contributed by atoms with E-state index in [4.69, 9.17) is 14.9 Å². The predicted molar refractivity (Wildman–Crippen MR) is 100 cm³/mol. The molecule has 148 valence electrons. The number of carboxylic acid groups (broad SMARTS) is 2. The highest BCUT2D eigenvalue weighted by molar-refractivity contribution is 6.15. The number of carbonyl (C=O) groups is 4. The Morgan fingerprint density at radius 1 is 1.00 bits per heavy atom. The molecular weight excluding hydrogens is 380 g/mol. The number of nitrogens with zero attached hydrogens (tertiary/aromatic N) is 1. The molecule has 1 heterocycles. The van der Waals surface area contributed by atoms with Gasteiger partial charge in [-0.15, -0.1) is 0 Å². The second-order valence-corrected chi connectivity index (χ2v) is 6.13. The van der Waals surface area contributed by atoms with Crippen LogP contribution in [0.5, 0.6) is 5.75 Å². The first kappa shape index (κ1) is 19.6. The first-order valence-electron chi connectivity index (χ1n) is 8.45. The smallest absolute Gasteiger partial charge is 0.335 e. The van der Waals surface area contributed by atoms with Gasteiger partial charge in [0.2, 0.25) is 0 Å². The Kier molecular flexibility index (Phi) is 5.59. The molecule has 0 atom stereocenters. The van der Waals surface area contributed by atoms with Crippen LogP contribution < -0.4 is 10.1 Å². The van der Waals surface area contributed by atoms with Gasteiger partial charge in [0.05, 0.1) is 5.56 Å². The second-order valence-electron chi connectivity index (χ2n) is 6.13. The number of urea groups is 1. The van der Waals surface area contributed by atoms with E-state index in [0.29, 0.717) is 16.2 Å². The molecule has 3 N–H and O–H groups in total. The van der Waals surface area contributed by atoms with Gasteiger partial charge in [0.1, 0.15) is 24.6 Å². The molecule has 0 unspecified atom stereocenters. The zero-order valence-electron chi connectivity index (χ0n) is 15.0. The fourth-order valence-electron chi connectivity index (χ4n) is 2.59. The number of carboxylic acids is 2. The molecule has 1 fully saturated rings. The zero-order valence-corrected chi connectivity index (χ0v) is 15.0. The van der Waals surface area contributed by atoms with E-state index in [1.165, 1.54) is 18.2 Å². The number of amides is 3. The van der Waals surface area contributed by atoms with Crippen LogP contribution in [0.3, 0.4) is 0 Å². The molecule has 0 saturated carbocycles. The van der Waals surface area contributed by atoms with E-state index in [1.54, 1.807) is 36.4 Å². The van der Waals surface area contributed by atoms with Crippen LogP contribution in [0.15, 0.2) is 54.2 Å². The number of ether oxygens (including phenoxy) is 1. The van der Waals surface area contributed by atoms with Crippen molar-refractivity contribution in [3.05, 3.63) is 70.9 Å². The summed E-state index contributed by atoms with van der Waals surface area (Å²) in [6.45, 7) is -0.457. The number of aliphatic carboxylic acids is 1. The summed E-state index contributed by atoms with van der Waals surface area (Å²) >= 11 is 0. The highest BCUT2D eigenvalue weighted by Gasteiger charge is 2.34. The van der Waals surface area contributed by atoms with Crippen LogP contribution in [0.4, 0.5) is 4.79 Å². The van der Waals surface area contributed by atoms with E-state index < -0.39 is 30.4 Å². The summed E-state index contributed by atoms with van der Waals surface area (Å²) in [6, 6.07) is 12.2. The van der Waals surface area contributed by atoms with Gasteiger partial charge in [-0.1, -0.05) is 24.3 Å². The average molecular weight is 396 g/mol. The van der Waals surface area contributed by atoms with Crippen molar-refractivity contribution in [2.45, 2.75) is 6.61 Å². The average Bonchev–Trinajstić information content (AvgIpc) is 2.95. The van der Waals surface area contributed by atoms with Gasteiger partial charge < -0.3 is 20.3 Å². The van der Waals surface area contributed by atoms with E-state index in [0.717, 1.165) is 5.56 Å². The Hall–Kier alpha value is -4.14. The third-order valence-corrected chi connectivity index (χ3v) is 4.05. The van der Waals surface area contributed by atoms with Gasteiger partial charge in [-0.05, 0) is 41.5 Å². The fourth-order valence-corrected chi connectivity index (χ4v) is 2.59. The maximum atomic E-state index is 12.1. The summed E-state index contributed by atoms with van der Waals surface area (Å²) < 4.78 is 5.64. The lowest BCUT2D eigenvalue weighted by atomic mass is 10.1. The summed E-state index contributed by atoms with van der Waals surface area (Å²) in [5.41, 5.74) is 1.60. The number of imide groups is 1. The number of hydrogen-bond donors (Lipinski definition) is 3. The normalized spacial score (nSPS) is 14.8. The van der Waals surface area contributed by atoms with Crippen LogP contribution in [0.2, 0.25) is 0 Å². The Labute approximate surface area is 164 Å². The van der Waals surface area contributed by atoms with Crippen molar-refractivity contribution in [3.8, 4) is 5.75 Å². The molecule has 0 spiro atoms. The van der Waals surface area contributed by atoms with Gasteiger partial charge in [0, 0.05) is 0 Å². The van der Waals surface area contributed by atoms with Gasteiger partial charge >= 0.3 is 18.0 Å². The van der Waals surface area contributed by atoms with Gasteiger partial charge in [-0.3, -0.25) is 9.59 Å². The molecule has 0 aromatic heterocycles. The number of rotatable bonds is 7. The van der Waals surface area contributed by atoms with E-state index in [9.17, 15) is 19.2 Å². The molecule has 9 nitrogen and oxygen atoms in total. The van der Waals surface area contributed by atoms with E-state index >= 15 is 0 Å². The molecule has 0 aliphatic carbocycles. The topological polar surface area (TPSA) is 133 Å². The maximum Gasteiger partial charge on any atom is 0.335 e. The standard InChI is InChI=1S/C20H16N2O7/c23-17(24)10-22-18(25)16(21-20(22)28)9-12-3-7-15(8-4-12)29-11-13-1-5-14(6-2-13)19(26)27/h1-9H,10-11H2,(H,21,28)(H,23,24)(H,26,27)/b16-9+. The van der Waals surface area contributed by atoms with Crippen LogP contribution >= 0.6 is 0 Å². The monoisotopic (exact) mass is 396 g/mol. The van der Waals surface area contributed by atoms with Gasteiger partial charge in [0.15, 0.2) is 0 Å². The van der Waals surface area contributed by atoms with Crippen molar-refractivity contribution in [1.29, 1.82) is 0 Å². The Morgan fingerprint density at radius 2 is 1.66 bits per heavy atom. The molecule has 29 heavy (non-hydrogen) atoms. The highest BCUT2D eigenvalue weighted by atomic mass is 16.5. The Bertz CT molecular complexity index is 994. The van der Waals surface area contributed by atoms with E-state index in [1.807, 2.05) is 0 Å². The molecule has 3 amide bonds. The highest BCUT2D eigenvalue weighted by Crippen LogP contribution is 2.18. The summed E-state index contributed by atoms with van der Waals surface area (Å²) in [4.78, 5) is 46.0. The van der Waals surface area contributed by atoms with Crippen LogP contribution in [-0.4, -0.2) is 45.5 Å². The van der Waals surface area contributed by atoms with E-state index in [2.05, 4.69) is 5.32 Å². The molecule has 9 heteroatoms. The lowest BCUT2D eigenvalue weighted by molar-refractivity contribution is -0.140. The van der Waals surface area contributed by atoms with Crippen molar-refractivity contribution in [2.75, 3.05) is 6.54 Å². The predicted octanol–water partition coefficient (Wildman–Crippen LogP) is 1.94. The van der Waals surface area contributed by atoms with Gasteiger partial charge in [-0.2, -0.15) is 0 Å². The molecule has 1 saturated heterocycles. The third kappa shape index (κ3) is 4.78. The van der Waals surface area contributed by atoms with Crippen LogP contribution in [0.25, 0.3) is 6.08 Å². The first-order valence-corrected chi connectivity index (χ1v) is 8.45. The van der Waals surface area contributed by atoms with Crippen molar-refractivity contribution in [2.24, 2.45) is 0 Å². The zero-order chi connectivity index (χ0) is 21.0. The van der Waals surface area contributed by atoms with Crippen molar-refractivity contribution >= 4 is 30.0 Å².